The molecule has 3 aromatic rings. The molecule has 25 heavy (non-hydrogen) atoms. The summed E-state index contributed by atoms with van der Waals surface area (Å²) in [4.78, 5) is 32.7. The summed E-state index contributed by atoms with van der Waals surface area (Å²) in [6, 6.07) is 8.70. The van der Waals surface area contributed by atoms with E-state index >= 15 is 0 Å². The molecule has 8 heteroatoms. The van der Waals surface area contributed by atoms with E-state index in [1.807, 2.05) is 6.07 Å². The molecule has 1 unspecified atom stereocenters. The number of likely N-dealkylation sites (N-methyl/N-ethyl adjacent to an activating group) is 1. The Bertz CT molecular complexity index is 871. The van der Waals surface area contributed by atoms with Crippen LogP contribution in [0.4, 0.5) is 0 Å². The van der Waals surface area contributed by atoms with Crippen LogP contribution in [0.25, 0.3) is 5.52 Å². The molecule has 0 saturated carbocycles. The summed E-state index contributed by atoms with van der Waals surface area (Å²) in [6.45, 7) is 0.139. The third kappa shape index (κ3) is 3.69. The van der Waals surface area contributed by atoms with E-state index in [2.05, 4.69) is 15.3 Å². The lowest BCUT2D eigenvalue weighted by atomic mass is 10.2. The van der Waals surface area contributed by atoms with Gasteiger partial charge in [0.25, 0.3) is 11.8 Å². The van der Waals surface area contributed by atoms with Gasteiger partial charge in [0.15, 0.2) is 0 Å². The summed E-state index contributed by atoms with van der Waals surface area (Å²) in [6.07, 6.45) is 4.01. The molecule has 0 radical (unpaired) electrons. The fraction of sp³-hybridized carbons (Fsp3) is 0.235. The van der Waals surface area contributed by atoms with E-state index in [0.717, 1.165) is 5.52 Å². The summed E-state index contributed by atoms with van der Waals surface area (Å²) < 4.78 is 1.69. The molecule has 130 valence electrons. The maximum Gasteiger partial charge on any atom is 0.270 e. The molecule has 0 aliphatic rings. The van der Waals surface area contributed by atoms with Crippen molar-refractivity contribution in [2.24, 2.45) is 0 Å². The van der Waals surface area contributed by atoms with Crippen molar-refractivity contribution in [3.8, 4) is 0 Å². The summed E-state index contributed by atoms with van der Waals surface area (Å²) in [5.41, 5.74) is 1.70. The van der Waals surface area contributed by atoms with Gasteiger partial charge in [0.05, 0.1) is 24.1 Å². The fourth-order valence-electron chi connectivity index (χ4n) is 2.56. The highest BCUT2D eigenvalue weighted by Crippen LogP contribution is 2.09. The Labute approximate surface area is 144 Å². The molecule has 2 amide bonds. The van der Waals surface area contributed by atoms with Crippen LogP contribution in [0, 0.1) is 0 Å². The summed E-state index contributed by atoms with van der Waals surface area (Å²) in [7, 11) is 1.61. The number of rotatable bonds is 6. The number of aromatic nitrogens is 3. The van der Waals surface area contributed by atoms with Crippen LogP contribution in [-0.2, 0) is 0 Å². The Morgan fingerprint density at radius 2 is 2.20 bits per heavy atom. The molecule has 3 heterocycles. The van der Waals surface area contributed by atoms with Crippen molar-refractivity contribution >= 4 is 17.3 Å². The van der Waals surface area contributed by atoms with Gasteiger partial charge in [-0.15, -0.1) is 0 Å². The van der Waals surface area contributed by atoms with Gasteiger partial charge < -0.3 is 20.3 Å². The molecule has 0 aromatic carbocycles. The molecule has 3 N–H and O–H groups in total. The largest absolute Gasteiger partial charge is 0.389 e. The van der Waals surface area contributed by atoms with Crippen LogP contribution < -0.4 is 5.32 Å². The SMILES string of the molecule is CN(CC(O)CNC(=O)c1ccc[nH]1)C(=O)c1cccc2cncn12. The molecule has 0 fully saturated rings. The van der Waals surface area contributed by atoms with E-state index < -0.39 is 6.10 Å². The second-order valence-corrected chi connectivity index (χ2v) is 5.73. The maximum absolute atomic E-state index is 12.6. The number of fused-ring (bicyclic) bond motifs is 1. The maximum atomic E-state index is 12.6. The van der Waals surface area contributed by atoms with Gasteiger partial charge >= 0.3 is 0 Å². The van der Waals surface area contributed by atoms with Crippen molar-refractivity contribution in [1.82, 2.24) is 24.6 Å². The average Bonchev–Trinajstić information content (AvgIpc) is 3.29. The fourth-order valence-corrected chi connectivity index (χ4v) is 2.56. The van der Waals surface area contributed by atoms with Crippen molar-refractivity contribution in [2.75, 3.05) is 20.1 Å². The number of carbonyl (C=O) groups excluding carboxylic acids is 2. The van der Waals surface area contributed by atoms with E-state index in [4.69, 9.17) is 0 Å². The van der Waals surface area contributed by atoms with Gasteiger partial charge in [0.1, 0.15) is 11.4 Å². The topological polar surface area (TPSA) is 103 Å². The molecular formula is C17H19N5O3. The number of hydrogen-bond acceptors (Lipinski definition) is 4. The Morgan fingerprint density at radius 1 is 1.36 bits per heavy atom. The summed E-state index contributed by atoms with van der Waals surface area (Å²) in [5, 5.41) is 12.7. The van der Waals surface area contributed by atoms with Gasteiger partial charge in [-0.2, -0.15) is 0 Å². The first kappa shape index (κ1) is 16.7. The zero-order chi connectivity index (χ0) is 17.8. The monoisotopic (exact) mass is 341 g/mol. The van der Waals surface area contributed by atoms with Crippen LogP contribution in [0.1, 0.15) is 21.0 Å². The van der Waals surface area contributed by atoms with E-state index in [9.17, 15) is 14.7 Å². The Balaban J connectivity index is 1.57. The van der Waals surface area contributed by atoms with Gasteiger partial charge in [0, 0.05) is 26.3 Å². The van der Waals surface area contributed by atoms with Crippen molar-refractivity contribution in [3.05, 3.63) is 60.4 Å². The smallest absolute Gasteiger partial charge is 0.270 e. The Morgan fingerprint density at radius 3 is 2.96 bits per heavy atom. The molecule has 8 nitrogen and oxygen atoms in total. The minimum atomic E-state index is -0.880. The van der Waals surface area contributed by atoms with E-state index in [1.165, 1.54) is 4.90 Å². The molecular weight excluding hydrogens is 322 g/mol. The zero-order valence-electron chi connectivity index (χ0n) is 13.7. The lowest BCUT2D eigenvalue weighted by molar-refractivity contribution is 0.0665. The Kier molecular flexibility index (Phi) is 4.80. The van der Waals surface area contributed by atoms with Crippen LogP contribution >= 0.6 is 0 Å². The van der Waals surface area contributed by atoms with Gasteiger partial charge in [0.2, 0.25) is 0 Å². The van der Waals surface area contributed by atoms with E-state index in [1.54, 1.807) is 54.4 Å². The molecule has 0 aliphatic carbocycles. The van der Waals surface area contributed by atoms with E-state index in [0.29, 0.717) is 11.4 Å². The average molecular weight is 341 g/mol. The predicted molar refractivity (Wildman–Crippen MR) is 91.3 cm³/mol. The number of hydrogen-bond donors (Lipinski definition) is 3. The predicted octanol–water partition coefficient (Wildman–Crippen LogP) is 0.525. The number of amides is 2. The van der Waals surface area contributed by atoms with Crippen LogP contribution in [0.3, 0.4) is 0 Å². The summed E-state index contributed by atoms with van der Waals surface area (Å²) >= 11 is 0. The van der Waals surface area contributed by atoms with Crippen molar-refractivity contribution in [3.63, 3.8) is 0 Å². The standard InChI is InChI=1S/C17H19N5O3/c1-21(10-13(23)9-20-16(24)14-5-3-7-19-14)17(25)15-6-2-4-12-8-18-11-22(12)15/h2-8,11,13,19,23H,9-10H2,1H3,(H,20,24). The number of imidazole rings is 1. The number of aliphatic hydroxyl groups excluding tert-OH is 1. The van der Waals surface area contributed by atoms with Gasteiger partial charge in [-0.3, -0.25) is 14.0 Å². The van der Waals surface area contributed by atoms with Crippen molar-refractivity contribution in [2.45, 2.75) is 6.10 Å². The number of aliphatic hydroxyl groups is 1. The highest BCUT2D eigenvalue weighted by molar-refractivity contribution is 5.93. The normalized spacial score (nSPS) is 12.1. The molecule has 3 aromatic heterocycles. The highest BCUT2D eigenvalue weighted by Gasteiger charge is 2.18. The van der Waals surface area contributed by atoms with Gasteiger partial charge in [-0.25, -0.2) is 4.98 Å². The van der Waals surface area contributed by atoms with E-state index in [-0.39, 0.29) is 24.9 Å². The molecule has 0 aliphatic heterocycles. The number of H-pyrrole nitrogens is 1. The third-order valence-electron chi connectivity index (χ3n) is 3.84. The Hall–Kier alpha value is -3.13. The second-order valence-electron chi connectivity index (χ2n) is 5.73. The van der Waals surface area contributed by atoms with Gasteiger partial charge in [-0.05, 0) is 24.3 Å². The first-order valence-corrected chi connectivity index (χ1v) is 7.82. The first-order valence-electron chi connectivity index (χ1n) is 7.82. The number of nitrogens with one attached hydrogen (secondary N) is 2. The molecule has 0 spiro atoms. The lowest BCUT2D eigenvalue weighted by Gasteiger charge is -2.21. The second kappa shape index (κ2) is 7.18. The molecule has 1 atom stereocenters. The van der Waals surface area contributed by atoms with Crippen LogP contribution in [-0.4, -0.2) is 62.4 Å². The molecule has 0 bridgehead atoms. The lowest BCUT2D eigenvalue weighted by Crippen LogP contribution is -2.41. The number of aromatic amines is 1. The van der Waals surface area contributed by atoms with Crippen molar-refractivity contribution in [1.29, 1.82) is 0 Å². The highest BCUT2D eigenvalue weighted by atomic mass is 16.3. The number of pyridine rings is 1. The molecule has 3 rings (SSSR count). The summed E-state index contributed by atoms with van der Waals surface area (Å²) in [5.74, 6) is -0.542. The van der Waals surface area contributed by atoms with Crippen LogP contribution in [0.15, 0.2) is 49.1 Å². The minimum Gasteiger partial charge on any atom is -0.389 e. The third-order valence-corrected chi connectivity index (χ3v) is 3.84. The van der Waals surface area contributed by atoms with Crippen LogP contribution in [0.2, 0.25) is 0 Å². The van der Waals surface area contributed by atoms with Gasteiger partial charge in [-0.1, -0.05) is 6.07 Å². The quantitative estimate of drug-likeness (QED) is 0.608. The number of nitrogens with zero attached hydrogens (tertiary/aromatic N) is 3. The zero-order valence-corrected chi connectivity index (χ0v) is 13.7. The van der Waals surface area contributed by atoms with Crippen molar-refractivity contribution < 1.29 is 14.7 Å². The number of carbonyl (C=O) groups is 2. The minimum absolute atomic E-state index is 0.0464. The van der Waals surface area contributed by atoms with Crippen LogP contribution in [0.5, 0.6) is 0 Å². The molecule has 0 saturated heterocycles. The first-order chi connectivity index (χ1) is 12.1.